The Morgan fingerprint density at radius 3 is 2.32 bits per heavy atom. The van der Waals surface area contributed by atoms with Gasteiger partial charge in [0, 0.05) is 32.7 Å². The van der Waals surface area contributed by atoms with Gasteiger partial charge in [-0.05, 0) is 48.4 Å². The maximum Gasteiger partial charge on any atom is 0.126 e. The number of phenolic OH excluding ortho intramolecular Hbond substituents is 1. The van der Waals surface area contributed by atoms with Gasteiger partial charge in [-0.1, -0.05) is 73.8 Å². The first-order valence-corrected chi connectivity index (χ1v) is 10.7. The number of nitrogens with one attached hydrogen (secondary N) is 1. The van der Waals surface area contributed by atoms with E-state index in [1.54, 1.807) is 6.07 Å². The van der Waals surface area contributed by atoms with Gasteiger partial charge in [-0.3, -0.25) is 10.3 Å². The van der Waals surface area contributed by atoms with E-state index in [-0.39, 0.29) is 12.2 Å². The molecule has 3 nitrogen and oxygen atoms in total. The average molecular weight is 500 g/mol. The third-order valence-corrected chi connectivity index (χ3v) is 6.00. The summed E-state index contributed by atoms with van der Waals surface area (Å²) in [7, 11) is 0. The van der Waals surface area contributed by atoms with Gasteiger partial charge < -0.3 is 5.11 Å². The number of hydrogen-bond donors (Lipinski definition) is 2. The fourth-order valence-electron chi connectivity index (χ4n) is 3.45. The van der Waals surface area contributed by atoms with Crippen molar-refractivity contribution in [1.29, 1.82) is 0 Å². The molecule has 0 aliphatic carbocycles. The molecule has 142 valence electrons. The summed E-state index contributed by atoms with van der Waals surface area (Å²) in [6.07, 6.45) is 0.529. The fraction of sp³-hybridized carbons (Fsp3) is 0.174. The molecule has 2 N–H and O–H groups in total. The normalized spacial score (nSPS) is 19.3. The zero-order chi connectivity index (χ0) is 19.7. The first kappa shape index (κ1) is 19.4. The summed E-state index contributed by atoms with van der Waals surface area (Å²) in [5, 5.41) is 14.1. The highest BCUT2D eigenvalue weighted by Gasteiger charge is 2.27. The van der Waals surface area contributed by atoms with Crippen LogP contribution < -0.4 is 5.32 Å². The summed E-state index contributed by atoms with van der Waals surface area (Å²) in [4.78, 5) is 5.01. The molecule has 0 radical (unpaired) electrons. The Balaban J connectivity index is 1.76. The van der Waals surface area contributed by atoms with Crippen molar-refractivity contribution in [2.24, 2.45) is 4.99 Å². The Labute approximate surface area is 181 Å². The van der Waals surface area contributed by atoms with E-state index in [9.17, 15) is 5.11 Å². The van der Waals surface area contributed by atoms with Gasteiger partial charge in [-0.2, -0.15) is 0 Å². The molecule has 4 rings (SSSR count). The van der Waals surface area contributed by atoms with Crippen molar-refractivity contribution in [2.45, 2.75) is 25.6 Å². The summed E-state index contributed by atoms with van der Waals surface area (Å²) in [5.41, 5.74) is 5.34. The molecule has 2 unspecified atom stereocenters. The first-order valence-electron chi connectivity index (χ1n) is 9.13. The fourth-order valence-corrected chi connectivity index (χ4v) is 4.09. The highest BCUT2D eigenvalue weighted by molar-refractivity contribution is 9.10. The SMILES string of the molecule is Cc1ccc(C2=NC(c3ccc(Br)cc3)NC(c3cc(Br)ccc3O)C2)cc1. The molecule has 2 atom stereocenters. The van der Waals surface area contributed by atoms with E-state index in [4.69, 9.17) is 4.99 Å². The second-order valence-electron chi connectivity index (χ2n) is 7.02. The quantitative estimate of drug-likeness (QED) is 0.435. The number of aryl methyl sites for hydroxylation is 1. The van der Waals surface area contributed by atoms with Gasteiger partial charge in [0.1, 0.15) is 11.9 Å². The second kappa shape index (κ2) is 8.19. The van der Waals surface area contributed by atoms with Crippen LogP contribution in [0.1, 0.15) is 40.9 Å². The van der Waals surface area contributed by atoms with Gasteiger partial charge in [0.05, 0.1) is 0 Å². The van der Waals surface area contributed by atoms with Crippen molar-refractivity contribution in [3.8, 4) is 5.75 Å². The standard InChI is InChI=1S/C23H20Br2N2O/c1-14-2-4-15(5-3-14)20-13-21(19-12-18(25)10-11-22(19)28)27-23(26-20)16-6-8-17(24)9-7-16/h2-12,21,23,27-28H,13H2,1H3. The molecule has 3 aromatic carbocycles. The van der Waals surface area contributed by atoms with Crippen molar-refractivity contribution < 1.29 is 5.11 Å². The number of aromatic hydroxyl groups is 1. The lowest BCUT2D eigenvalue weighted by atomic mass is 9.93. The van der Waals surface area contributed by atoms with Crippen LogP contribution in [0.15, 0.2) is 80.7 Å². The lowest BCUT2D eigenvalue weighted by Crippen LogP contribution is -2.33. The smallest absolute Gasteiger partial charge is 0.126 e. The second-order valence-corrected chi connectivity index (χ2v) is 8.85. The van der Waals surface area contributed by atoms with Crippen LogP contribution in [0.4, 0.5) is 0 Å². The number of halogens is 2. The van der Waals surface area contributed by atoms with Crippen LogP contribution in [-0.4, -0.2) is 10.8 Å². The molecule has 1 aliphatic rings. The summed E-state index contributed by atoms with van der Waals surface area (Å²) in [6, 6.07) is 22.2. The Hall–Kier alpha value is -1.95. The molecule has 0 fully saturated rings. The van der Waals surface area contributed by atoms with Gasteiger partial charge in [0.15, 0.2) is 0 Å². The minimum Gasteiger partial charge on any atom is -0.508 e. The topological polar surface area (TPSA) is 44.6 Å². The van der Waals surface area contributed by atoms with E-state index < -0.39 is 0 Å². The molecule has 0 spiro atoms. The van der Waals surface area contributed by atoms with Crippen molar-refractivity contribution in [2.75, 3.05) is 0 Å². The van der Waals surface area contributed by atoms with E-state index in [0.717, 1.165) is 31.3 Å². The molecule has 0 saturated heterocycles. The van der Waals surface area contributed by atoms with E-state index in [1.807, 2.05) is 24.3 Å². The predicted molar refractivity (Wildman–Crippen MR) is 121 cm³/mol. The van der Waals surface area contributed by atoms with E-state index in [1.165, 1.54) is 5.56 Å². The average Bonchev–Trinajstić information content (AvgIpc) is 2.70. The van der Waals surface area contributed by atoms with Crippen LogP contribution in [0.2, 0.25) is 0 Å². The van der Waals surface area contributed by atoms with Crippen LogP contribution in [0, 0.1) is 6.92 Å². The molecule has 1 heterocycles. The Kier molecular flexibility index (Phi) is 5.67. The zero-order valence-corrected chi connectivity index (χ0v) is 18.5. The molecule has 5 heteroatoms. The molecule has 28 heavy (non-hydrogen) atoms. The third kappa shape index (κ3) is 4.22. The predicted octanol–water partition coefficient (Wildman–Crippen LogP) is 6.45. The maximum absolute atomic E-state index is 10.5. The molecule has 0 amide bonds. The van der Waals surface area contributed by atoms with Gasteiger partial charge in [0.25, 0.3) is 0 Å². The lowest BCUT2D eigenvalue weighted by molar-refractivity contribution is 0.412. The van der Waals surface area contributed by atoms with Crippen LogP contribution in [0.3, 0.4) is 0 Å². The van der Waals surface area contributed by atoms with Crippen molar-refractivity contribution in [1.82, 2.24) is 5.32 Å². The highest BCUT2D eigenvalue weighted by atomic mass is 79.9. The largest absolute Gasteiger partial charge is 0.508 e. The Morgan fingerprint density at radius 1 is 0.929 bits per heavy atom. The minimum absolute atomic E-state index is 0.0417. The monoisotopic (exact) mass is 498 g/mol. The van der Waals surface area contributed by atoms with Crippen LogP contribution >= 0.6 is 31.9 Å². The summed E-state index contributed by atoms with van der Waals surface area (Å²) in [6.45, 7) is 2.08. The van der Waals surface area contributed by atoms with Crippen molar-refractivity contribution in [3.05, 3.63) is 97.9 Å². The van der Waals surface area contributed by atoms with Crippen LogP contribution in [0.25, 0.3) is 0 Å². The maximum atomic E-state index is 10.5. The molecule has 0 aromatic heterocycles. The van der Waals surface area contributed by atoms with E-state index in [0.29, 0.717) is 12.2 Å². The third-order valence-electron chi connectivity index (χ3n) is 4.98. The number of benzene rings is 3. The summed E-state index contributed by atoms with van der Waals surface area (Å²) < 4.78 is 1.98. The highest BCUT2D eigenvalue weighted by Crippen LogP contribution is 2.36. The molecule has 0 saturated carbocycles. The van der Waals surface area contributed by atoms with Crippen LogP contribution in [-0.2, 0) is 0 Å². The van der Waals surface area contributed by atoms with Gasteiger partial charge in [-0.15, -0.1) is 0 Å². The lowest BCUT2D eigenvalue weighted by Gasteiger charge is -2.31. The number of nitrogens with zero attached hydrogens (tertiary/aromatic N) is 1. The number of aliphatic imine (C=N–C) groups is 1. The molecule has 3 aromatic rings. The van der Waals surface area contributed by atoms with Crippen LogP contribution in [0.5, 0.6) is 5.75 Å². The van der Waals surface area contributed by atoms with Gasteiger partial charge >= 0.3 is 0 Å². The Bertz CT molecular complexity index is 1010. The molecular weight excluding hydrogens is 480 g/mol. The van der Waals surface area contributed by atoms with Gasteiger partial charge in [-0.25, -0.2) is 0 Å². The number of rotatable bonds is 3. The zero-order valence-electron chi connectivity index (χ0n) is 15.4. The van der Waals surface area contributed by atoms with E-state index in [2.05, 4.69) is 80.5 Å². The summed E-state index contributed by atoms with van der Waals surface area (Å²) in [5.74, 6) is 0.292. The number of hydrogen-bond acceptors (Lipinski definition) is 3. The van der Waals surface area contributed by atoms with Gasteiger partial charge in [0.2, 0.25) is 0 Å². The van der Waals surface area contributed by atoms with Crippen molar-refractivity contribution in [3.63, 3.8) is 0 Å². The number of phenols is 1. The van der Waals surface area contributed by atoms with E-state index >= 15 is 0 Å². The Morgan fingerprint density at radius 2 is 1.61 bits per heavy atom. The first-order chi connectivity index (χ1) is 13.5. The molecule has 0 bridgehead atoms. The molecule has 1 aliphatic heterocycles. The van der Waals surface area contributed by atoms with Crippen molar-refractivity contribution >= 4 is 37.6 Å². The minimum atomic E-state index is -0.179. The molecular formula is C23H20Br2N2O. The summed E-state index contributed by atoms with van der Waals surface area (Å²) >= 11 is 7.02.